The first-order chi connectivity index (χ1) is 5.84. The molecule has 0 aliphatic carbocycles. The number of nitrogens with two attached hydrogens (primary N) is 1. The molecule has 0 fully saturated rings. The Hall–Kier alpha value is 0.440. The smallest absolute Gasteiger partial charge is 0.0200 e. The molecular formula is C11H24BrN. The molecule has 0 heterocycles. The van der Waals surface area contributed by atoms with Crippen molar-refractivity contribution in [2.75, 3.05) is 0 Å². The first-order valence-corrected chi connectivity index (χ1v) is 6.15. The molecule has 0 aromatic rings. The summed E-state index contributed by atoms with van der Waals surface area (Å²) in [7, 11) is 0. The fourth-order valence-corrected chi connectivity index (χ4v) is 2.46. The maximum atomic E-state index is 5.94. The fraction of sp³-hybridized carbons (Fsp3) is 1.00. The van der Waals surface area contributed by atoms with Crippen LogP contribution < -0.4 is 5.73 Å². The molecule has 80 valence electrons. The number of hydrogen-bond donors (Lipinski definition) is 1. The first-order valence-electron chi connectivity index (χ1n) is 5.23. The normalized spacial score (nSPS) is 19.6. The predicted octanol–water partition coefficient (Wildman–Crippen LogP) is 3.56. The van der Waals surface area contributed by atoms with E-state index in [1.165, 1.54) is 12.8 Å². The highest BCUT2D eigenvalue weighted by Gasteiger charge is 2.34. The number of alkyl halides is 1. The van der Waals surface area contributed by atoms with Crippen LogP contribution in [0.15, 0.2) is 0 Å². The third-order valence-electron chi connectivity index (χ3n) is 3.31. The Bertz CT molecular complexity index is 143. The number of rotatable bonds is 5. The van der Waals surface area contributed by atoms with Gasteiger partial charge in [-0.1, -0.05) is 50.0 Å². The van der Waals surface area contributed by atoms with Gasteiger partial charge in [0.1, 0.15) is 0 Å². The van der Waals surface area contributed by atoms with Gasteiger partial charge in [0.15, 0.2) is 0 Å². The zero-order valence-electron chi connectivity index (χ0n) is 9.60. The van der Waals surface area contributed by atoms with Crippen LogP contribution in [0.25, 0.3) is 0 Å². The summed E-state index contributed by atoms with van der Waals surface area (Å²) in [6.45, 7) is 11.2. The third kappa shape index (κ3) is 3.59. The Morgan fingerprint density at radius 3 is 2.08 bits per heavy atom. The second kappa shape index (κ2) is 5.35. The molecule has 0 radical (unpaired) electrons. The molecular weight excluding hydrogens is 226 g/mol. The molecule has 13 heavy (non-hydrogen) atoms. The van der Waals surface area contributed by atoms with Gasteiger partial charge in [-0.2, -0.15) is 0 Å². The van der Waals surface area contributed by atoms with Crippen molar-refractivity contribution >= 4 is 15.9 Å². The molecule has 0 aromatic carbocycles. The summed E-state index contributed by atoms with van der Waals surface area (Å²) in [5.41, 5.74) is 6.22. The van der Waals surface area contributed by atoms with Crippen LogP contribution in [0.2, 0.25) is 0 Å². The largest absolute Gasteiger partial charge is 0.328 e. The highest BCUT2D eigenvalue weighted by Crippen LogP contribution is 2.38. The summed E-state index contributed by atoms with van der Waals surface area (Å²) in [5, 5.41) is 0. The Morgan fingerprint density at radius 1 is 1.31 bits per heavy atom. The summed E-state index contributed by atoms with van der Waals surface area (Å²) >= 11 is 3.77. The summed E-state index contributed by atoms with van der Waals surface area (Å²) < 4.78 is 0. The van der Waals surface area contributed by atoms with Gasteiger partial charge < -0.3 is 5.73 Å². The van der Waals surface area contributed by atoms with Gasteiger partial charge in [0.25, 0.3) is 0 Å². The van der Waals surface area contributed by atoms with Crippen molar-refractivity contribution in [3.63, 3.8) is 0 Å². The minimum absolute atomic E-state index is 0.270. The average Bonchev–Trinajstić information content (AvgIpc) is 2.03. The van der Waals surface area contributed by atoms with E-state index in [1.54, 1.807) is 0 Å². The third-order valence-corrected chi connectivity index (χ3v) is 4.95. The van der Waals surface area contributed by atoms with Crippen LogP contribution in [-0.4, -0.2) is 10.9 Å². The molecule has 0 saturated heterocycles. The summed E-state index contributed by atoms with van der Waals surface area (Å²) in [5.74, 6) is 0.545. The SMILES string of the molecule is CCCC(Br)C(C)(C)C(C)C(C)N. The highest BCUT2D eigenvalue weighted by atomic mass is 79.9. The Balaban J connectivity index is 4.35. The van der Waals surface area contributed by atoms with E-state index < -0.39 is 0 Å². The van der Waals surface area contributed by atoms with Crippen LogP contribution in [0.3, 0.4) is 0 Å². The molecule has 0 spiro atoms. The van der Waals surface area contributed by atoms with Crippen molar-refractivity contribution in [3.05, 3.63) is 0 Å². The molecule has 3 atom stereocenters. The van der Waals surface area contributed by atoms with Crippen molar-refractivity contribution in [1.29, 1.82) is 0 Å². The van der Waals surface area contributed by atoms with Crippen LogP contribution in [-0.2, 0) is 0 Å². The molecule has 0 aliphatic heterocycles. The van der Waals surface area contributed by atoms with Gasteiger partial charge in [-0.15, -0.1) is 0 Å². The Morgan fingerprint density at radius 2 is 1.77 bits per heavy atom. The van der Waals surface area contributed by atoms with E-state index in [4.69, 9.17) is 5.73 Å². The molecule has 0 amide bonds. The van der Waals surface area contributed by atoms with Gasteiger partial charge >= 0.3 is 0 Å². The van der Waals surface area contributed by atoms with Crippen LogP contribution in [0, 0.1) is 11.3 Å². The molecule has 3 unspecified atom stereocenters. The monoisotopic (exact) mass is 249 g/mol. The van der Waals surface area contributed by atoms with Crippen LogP contribution in [0.4, 0.5) is 0 Å². The van der Waals surface area contributed by atoms with Gasteiger partial charge in [0, 0.05) is 10.9 Å². The average molecular weight is 250 g/mol. The van der Waals surface area contributed by atoms with Crippen molar-refractivity contribution in [1.82, 2.24) is 0 Å². The fourth-order valence-electron chi connectivity index (χ4n) is 1.59. The van der Waals surface area contributed by atoms with Crippen LogP contribution >= 0.6 is 15.9 Å². The molecule has 0 rings (SSSR count). The first kappa shape index (κ1) is 13.4. The van der Waals surface area contributed by atoms with E-state index in [1.807, 2.05) is 0 Å². The quantitative estimate of drug-likeness (QED) is 0.742. The van der Waals surface area contributed by atoms with Gasteiger partial charge in [-0.05, 0) is 24.7 Å². The lowest BCUT2D eigenvalue weighted by atomic mass is 9.73. The number of hydrogen-bond acceptors (Lipinski definition) is 1. The minimum Gasteiger partial charge on any atom is -0.328 e. The lowest BCUT2D eigenvalue weighted by Gasteiger charge is -2.38. The van der Waals surface area contributed by atoms with Gasteiger partial charge in [-0.3, -0.25) is 0 Å². The van der Waals surface area contributed by atoms with E-state index in [-0.39, 0.29) is 11.5 Å². The Kier molecular flexibility index (Phi) is 5.53. The lowest BCUT2D eigenvalue weighted by Crippen LogP contribution is -2.40. The minimum atomic E-state index is 0.270. The lowest BCUT2D eigenvalue weighted by molar-refractivity contribution is 0.193. The van der Waals surface area contributed by atoms with Crippen molar-refractivity contribution in [2.45, 2.75) is 58.3 Å². The Labute approximate surface area is 91.6 Å². The van der Waals surface area contributed by atoms with Crippen molar-refractivity contribution in [3.8, 4) is 0 Å². The van der Waals surface area contributed by atoms with E-state index >= 15 is 0 Å². The van der Waals surface area contributed by atoms with Gasteiger partial charge in [-0.25, -0.2) is 0 Å². The second-order valence-electron chi connectivity index (χ2n) is 4.73. The van der Waals surface area contributed by atoms with E-state index in [2.05, 4.69) is 50.5 Å². The molecule has 2 heteroatoms. The highest BCUT2D eigenvalue weighted by molar-refractivity contribution is 9.09. The molecule has 0 aliphatic rings. The maximum Gasteiger partial charge on any atom is 0.0200 e. The van der Waals surface area contributed by atoms with Crippen molar-refractivity contribution < 1.29 is 0 Å². The molecule has 0 aromatic heterocycles. The topological polar surface area (TPSA) is 26.0 Å². The second-order valence-corrected chi connectivity index (χ2v) is 5.83. The zero-order valence-corrected chi connectivity index (χ0v) is 11.2. The standard InChI is InChI=1S/C11H24BrN/c1-6-7-10(12)11(4,5)8(2)9(3)13/h8-10H,6-7,13H2,1-5H3. The molecule has 2 N–H and O–H groups in total. The number of halogens is 1. The van der Waals surface area contributed by atoms with Gasteiger partial charge in [0.05, 0.1) is 0 Å². The molecule has 0 bridgehead atoms. The van der Waals surface area contributed by atoms with Crippen LogP contribution in [0.5, 0.6) is 0 Å². The zero-order chi connectivity index (χ0) is 10.6. The van der Waals surface area contributed by atoms with E-state index in [0.717, 1.165) is 0 Å². The maximum absolute atomic E-state index is 5.94. The summed E-state index contributed by atoms with van der Waals surface area (Å²) in [6, 6.07) is 0.270. The van der Waals surface area contributed by atoms with Gasteiger partial charge in [0.2, 0.25) is 0 Å². The van der Waals surface area contributed by atoms with E-state index in [9.17, 15) is 0 Å². The summed E-state index contributed by atoms with van der Waals surface area (Å²) in [4.78, 5) is 0.575. The molecule has 0 saturated carbocycles. The molecule has 1 nitrogen and oxygen atoms in total. The van der Waals surface area contributed by atoms with Crippen molar-refractivity contribution in [2.24, 2.45) is 17.1 Å². The van der Waals surface area contributed by atoms with Crippen LogP contribution in [0.1, 0.15) is 47.5 Å². The summed E-state index contributed by atoms with van der Waals surface area (Å²) in [6.07, 6.45) is 2.45. The predicted molar refractivity (Wildman–Crippen MR) is 64.2 cm³/mol. The van der Waals surface area contributed by atoms with E-state index in [0.29, 0.717) is 10.7 Å².